The first kappa shape index (κ1) is 17.9. The molecule has 1 fully saturated rings. The fourth-order valence-corrected chi connectivity index (χ4v) is 2.30. The zero-order chi connectivity index (χ0) is 17.5. The van der Waals surface area contributed by atoms with Crippen LogP contribution in [0.3, 0.4) is 0 Å². The van der Waals surface area contributed by atoms with Gasteiger partial charge in [-0.15, -0.1) is 0 Å². The molecule has 0 unspecified atom stereocenters. The average Bonchev–Trinajstić information content (AvgIpc) is 3.09. The van der Waals surface area contributed by atoms with Gasteiger partial charge < -0.3 is 20.1 Å². The Morgan fingerprint density at radius 2 is 2.04 bits per heavy atom. The van der Waals surface area contributed by atoms with Crippen molar-refractivity contribution in [2.45, 2.75) is 32.8 Å². The van der Waals surface area contributed by atoms with Crippen molar-refractivity contribution < 1.29 is 23.9 Å². The molecule has 2 N–H and O–H groups in total. The molecular formula is C17H22N2O5. The molecule has 24 heavy (non-hydrogen) atoms. The normalized spacial score (nSPS) is 16.5. The van der Waals surface area contributed by atoms with Crippen LogP contribution in [0.5, 0.6) is 0 Å². The third-order valence-electron chi connectivity index (χ3n) is 3.86. The largest absolute Gasteiger partial charge is 0.454 e. The van der Waals surface area contributed by atoms with E-state index in [0.717, 1.165) is 17.5 Å². The topological polar surface area (TPSA) is 93.7 Å². The van der Waals surface area contributed by atoms with Gasteiger partial charge in [-0.25, -0.2) is 4.79 Å². The lowest BCUT2D eigenvalue weighted by atomic mass is 10.1. The van der Waals surface area contributed by atoms with Crippen LogP contribution in [-0.2, 0) is 23.9 Å². The highest BCUT2D eigenvalue weighted by Crippen LogP contribution is 2.17. The van der Waals surface area contributed by atoms with E-state index in [4.69, 9.17) is 9.47 Å². The first-order valence-electron chi connectivity index (χ1n) is 7.88. The molecule has 0 radical (unpaired) electrons. The number of nitrogens with one attached hydrogen (secondary N) is 2. The van der Waals surface area contributed by atoms with Crippen LogP contribution in [0.15, 0.2) is 18.2 Å². The van der Waals surface area contributed by atoms with Gasteiger partial charge in [0.1, 0.15) is 0 Å². The maximum absolute atomic E-state index is 11.9. The summed E-state index contributed by atoms with van der Waals surface area (Å²) in [6.07, 6.45) is 0.842. The Morgan fingerprint density at radius 3 is 2.75 bits per heavy atom. The van der Waals surface area contributed by atoms with Crippen molar-refractivity contribution in [2.24, 2.45) is 0 Å². The number of carbonyl (C=O) groups is 3. The van der Waals surface area contributed by atoms with Crippen LogP contribution in [0, 0.1) is 13.8 Å². The molecule has 1 aliphatic heterocycles. The van der Waals surface area contributed by atoms with Gasteiger partial charge in [0, 0.05) is 12.3 Å². The summed E-state index contributed by atoms with van der Waals surface area (Å²) >= 11 is 0. The molecule has 0 aliphatic carbocycles. The summed E-state index contributed by atoms with van der Waals surface area (Å²) in [5.41, 5.74) is 2.75. The highest BCUT2D eigenvalue weighted by Gasteiger charge is 2.25. The Labute approximate surface area is 140 Å². The van der Waals surface area contributed by atoms with E-state index in [1.165, 1.54) is 0 Å². The van der Waals surface area contributed by atoms with E-state index in [0.29, 0.717) is 18.7 Å². The molecule has 1 atom stereocenters. The van der Waals surface area contributed by atoms with Gasteiger partial charge in [-0.3, -0.25) is 9.59 Å². The molecule has 0 aromatic heterocycles. The summed E-state index contributed by atoms with van der Waals surface area (Å²) in [5, 5.41) is 5.15. The van der Waals surface area contributed by atoms with Gasteiger partial charge in [0.05, 0.1) is 6.54 Å². The average molecular weight is 334 g/mol. The van der Waals surface area contributed by atoms with E-state index >= 15 is 0 Å². The first-order valence-corrected chi connectivity index (χ1v) is 7.88. The standard InChI is InChI=1S/C17H22N2O5/c1-11-5-3-6-13(12(11)2)19-15(20)9-18-16(21)10-24-17(22)14-7-4-8-23-14/h3,5-6,14H,4,7-10H2,1-2H3,(H,18,21)(H,19,20)/t14-/m0/s1. The van der Waals surface area contributed by atoms with Gasteiger partial charge in [0.15, 0.2) is 12.7 Å². The zero-order valence-corrected chi connectivity index (χ0v) is 13.9. The molecule has 7 heteroatoms. The first-order chi connectivity index (χ1) is 11.5. The van der Waals surface area contributed by atoms with E-state index in [-0.39, 0.29) is 12.5 Å². The summed E-state index contributed by atoms with van der Waals surface area (Å²) in [6, 6.07) is 5.60. The molecule has 1 aliphatic rings. The van der Waals surface area contributed by atoms with Crippen molar-refractivity contribution in [3.8, 4) is 0 Å². The number of benzene rings is 1. The minimum Gasteiger partial charge on any atom is -0.454 e. The van der Waals surface area contributed by atoms with E-state index in [2.05, 4.69) is 10.6 Å². The summed E-state index contributed by atoms with van der Waals surface area (Å²) in [6.45, 7) is 3.78. The Kier molecular flexibility index (Phi) is 6.31. The van der Waals surface area contributed by atoms with Crippen LogP contribution in [0.2, 0.25) is 0 Å². The molecule has 2 rings (SSSR count). The smallest absolute Gasteiger partial charge is 0.335 e. The highest BCUT2D eigenvalue weighted by molar-refractivity contribution is 5.95. The fraction of sp³-hybridized carbons (Fsp3) is 0.471. The quantitative estimate of drug-likeness (QED) is 0.759. The van der Waals surface area contributed by atoms with Crippen molar-refractivity contribution in [1.29, 1.82) is 0 Å². The molecule has 0 saturated carbocycles. The molecule has 130 valence electrons. The number of rotatable bonds is 6. The summed E-state index contributed by atoms with van der Waals surface area (Å²) in [5.74, 6) is -1.41. The number of carbonyl (C=O) groups excluding carboxylic acids is 3. The Balaban J connectivity index is 1.70. The third-order valence-corrected chi connectivity index (χ3v) is 3.86. The number of anilines is 1. The van der Waals surface area contributed by atoms with Gasteiger partial charge in [-0.1, -0.05) is 12.1 Å². The van der Waals surface area contributed by atoms with Crippen molar-refractivity contribution in [3.05, 3.63) is 29.3 Å². The van der Waals surface area contributed by atoms with E-state index < -0.39 is 24.6 Å². The minimum atomic E-state index is -0.578. The molecule has 7 nitrogen and oxygen atoms in total. The second-order valence-electron chi connectivity index (χ2n) is 5.68. The van der Waals surface area contributed by atoms with Gasteiger partial charge >= 0.3 is 5.97 Å². The predicted molar refractivity (Wildman–Crippen MR) is 87.5 cm³/mol. The number of amides is 2. The maximum atomic E-state index is 11.9. The van der Waals surface area contributed by atoms with Crippen molar-refractivity contribution in [3.63, 3.8) is 0 Å². The number of hydrogen-bond donors (Lipinski definition) is 2. The lowest BCUT2D eigenvalue weighted by Crippen LogP contribution is -2.36. The Bertz CT molecular complexity index is 623. The van der Waals surface area contributed by atoms with Gasteiger partial charge in [0.2, 0.25) is 5.91 Å². The fourth-order valence-electron chi connectivity index (χ4n) is 2.30. The van der Waals surface area contributed by atoms with E-state index in [9.17, 15) is 14.4 Å². The van der Waals surface area contributed by atoms with Crippen LogP contribution >= 0.6 is 0 Å². The SMILES string of the molecule is Cc1cccc(NC(=O)CNC(=O)COC(=O)[C@@H]2CCCO2)c1C. The summed E-state index contributed by atoms with van der Waals surface area (Å²) < 4.78 is 10.0. The van der Waals surface area contributed by atoms with Crippen molar-refractivity contribution in [1.82, 2.24) is 5.32 Å². The third kappa shape index (κ3) is 5.06. The molecular weight excluding hydrogens is 312 g/mol. The highest BCUT2D eigenvalue weighted by atomic mass is 16.6. The maximum Gasteiger partial charge on any atom is 0.335 e. The second-order valence-corrected chi connectivity index (χ2v) is 5.68. The van der Waals surface area contributed by atoms with Crippen molar-refractivity contribution in [2.75, 3.05) is 25.1 Å². The molecule has 1 saturated heterocycles. The molecule has 1 aromatic carbocycles. The molecule has 1 aromatic rings. The lowest BCUT2D eigenvalue weighted by Gasteiger charge is -2.12. The lowest BCUT2D eigenvalue weighted by molar-refractivity contribution is -0.157. The molecule has 0 bridgehead atoms. The second kappa shape index (κ2) is 8.44. The zero-order valence-electron chi connectivity index (χ0n) is 13.9. The molecule has 2 amide bonds. The van der Waals surface area contributed by atoms with Gasteiger partial charge in [-0.05, 0) is 43.9 Å². The number of esters is 1. The van der Waals surface area contributed by atoms with E-state index in [1.54, 1.807) is 6.07 Å². The Hall–Kier alpha value is -2.41. The van der Waals surface area contributed by atoms with Crippen LogP contribution in [0.25, 0.3) is 0 Å². The number of aryl methyl sites for hydroxylation is 1. The van der Waals surface area contributed by atoms with Crippen LogP contribution in [-0.4, -0.2) is 43.6 Å². The molecule has 0 spiro atoms. The van der Waals surface area contributed by atoms with Gasteiger partial charge in [-0.2, -0.15) is 0 Å². The van der Waals surface area contributed by atoms with Crippen LogP contribution in [0.4, 0.5) is 5.69 Å². The van der Waals surface area contributed by atoms with E-state index in [1.807, 2.05) is 26.0 Å². The van der Waals surface area contributed by atoms with Gasteiger partial charge in [0.25, 0.3) is 5.91 Å². The van der Waals surface area contributed by atoms with Crippen LogP contribution in [0.1, 0.15) is 24.0 Å². The molecule has 1 heterocycles. The summed E-state index contributed by atoms with van der Waals surface area (Å²) in [7, 11) is 0. The van der Waals surface area contributed by atoms with Crippen molar-refractivity contribution >= 4 is 23.5 Å². The number of ether oxygens (including phenoxy) is 2. The predicted octanol–water partition coefficient (Wildman–Crippen LogP) is 1.08. The minimum absolute atomic E-state index is 0.191. The monoisotopic (exact) mass is 334 g/mol. The summed E-state index contributed by atoms with van der Waals surface area (Å²) in [4.78, 5) is 35.1. The Morgan fingerprint density at radius 1 is 1.25 bits per heavy atom. The number of hydrogen-bond acceptors (Lipinski definition) is 5. The van der Waals surface area contributed by atoms with Crippen LogP contribution < -0.4 is 10.6 Å².